The minimum atomic E-state index is -0.548. The highest BCUT2D eigenvalue weighted by Gasteiger charge is 2.46. The second-order valence-corrected chi connectivity index (χ2v) is 17.2. The van der Waals surface area contributed by atoms with Gasteiger partial charge >= 0.3 is 0 Å². The quantitative estimate of drug-likeness (QED) is 0.152. The SMILES string of the molecule is c1ccc(-c2ccc(N(c3cccc(C4(c5ccccc5)c5ccccc5-c5ccccc54)c3)c3ccccc3-c3cccc4c3oc3c5ccccc5n(-c5ccccc5)c43)cc2)cc1. The lowest BCUT2D eigenvalue weighted by atomic mass is 9.67. The summed E-state index contributed by atoms with van der Waals surface area (Å²) in [6, 6.07) is 92.3. The lowest BCUT2D eigenvalue weighted by Gasteiger charge is -2.35. The summed E-state index contributed by atoms with van der Waals surface area (Å²) in [6.45, 7) is 0. The molecule has 0 saturated heterocycles. The molecule has 0 fully saturated rings. The monoisotopic (exact) mass is 842 g/mol. The number of furan rings is 1. The highest BCUT2D eigenvalue weighted by molar-refractivity contribution is 6.19. The Balaban J connectivity index is 1.05. The molecule has 0 unspecified atom stereocenters. The van der Waals surface area contributed by atoms with E-state index in [9.17, 15) is 0 Å². The number of benzene rings is 10. The summed E-state index contributed by atoms with van der Waals surface area (Å²) < 4.78 is 9.49. The maximum Gasteiger partial charge on any atom is 0.161 e. The number of para-hydroxylation sites is 4. The van der Waals surface area contributed by atoms with E-state index in [0.29, 0.717) is 0 Å². The average Bonchev–Trinajstić information content (AvgIpc) is 4.04. The van der Waals surface area contributed by atoms with E-state index < -0.39 is 5.41 Å². The topological polar surface area (TPSA) is 21.3 Å². The van der Waals surface area contributed by atoms with E-state index in [-0.39, 0.29) is 0 Å². The molecule has 13 rings (SSSR count). The summed E-state index contributed by atoms with van der Waals surface area (Å²) in [4.78, 5) is 2.43. The van der Waals surface area contributed by atoms with E-state index >= 15 is 0 Å². The first kappa shape index (κ1) is 37.9. The molecular weight excluding hydrogens is 801 g/mol. The molecule has 10 aromatic carbocycles. The van der Waals surface area contributed by atoms with Gasteiger partial charge in [-0.05, 0) is 105 Å². The molecule has 0 spiro atoms. The van der Waals surface area contributed by atoms with Gasteiger partial charge in [-0.1, -0.05) is 194 Å². The molecule has 2 aromatic heterocycles. The van der Waals surface area contributed by atoms with Crippen molar-refractivity contribution >= 4 is 50.0 Å². The van der Waals surface area contributed by atoms with Gasteiger partial charge < -0.3 is 13.9 Å². The van der Waals surface area contributed by atoms with Gasteiger partial charge in [-0.2, -0.15) is 0 Å². The zero-order valence-electron chi connectivity index (χ0n) is 36.1. The van der Waals surface area contributed by atoms with Crippen LogP contribution in [-0.2, 0) is 5.41 Å². The maximum atomic E-state index is 7.14. The van der Waals surface area contributed by atoms with Crippen LogP contribution >= 0.6 is 0 Å². The molecule has 66 heavy (non-hydrogen) atoms. The molecule has 310 valence electrons. The first-order valence-electron chi connectivity index (χ1n) is 22.7. The second-order valence-electron chi connectivity index (χ2n) is 17.2. The number of hydrogen-bond acceptors (Lipinski definition) is 2. The maximum absolute atomic E-state index is 7.14. The normalized spacial score (nSPS) is 12.7. The zero-order valence-corrected chi connectivity index (χ0v) is 36.1. The van der Waals surface area contributed by atoms with Crippen LogP contribution in [0.2, 0.25) is 0 Å². The lowest BCUT2D eigenvalue weighted by molar-refractivity contribution is 0.674. The predicted molar refractivity (Wildman–Crippen MR) is 273 cm³/mol. The standard InChI is InChI=1S/C63H42N2O/c1-4-20-43(21-5-1)44-38-40-48(41-39-44)64(49-27-18-24-46(42-49)63(45-22-6-2-7-23-45)56-34-14-10-28-50(56)51-29-11-15-35-57(51)63)58-36-16-12-30-52(58)53-32-19-33-55-60-62(66-61(53)55)54-31-13-17-37-59(54)65(60)47-25-8-3-9-26-47/h1-42H. The van der Waals surface area contributed by atoms with Crippen molar-refractivity contribution in [2.75, 3.05) is 4.90 Å². The van der Waals surface area contributed by atoms with Gasteiger partial charge in [0.1, 0.15) is 11.1 Å². The van der Waals surface area contributed by atoms with Gasteiger partial charge in [0, 0.05) is 39.0 Å². The Kier molecular flexibility index (Phi) is 8.75. The summed E-state index contributed by atoms with van der Waals surface area (Å²) in [5.74, 6) is 0. The molecule has 0 saturated carbocycles. The Labute approximate surface area is 383 Å². The van der Waals surface area contributed by atoms with Crippen LogP contribution in [0.4, 0.5) is 17.1 Å². The number of hydrogen-bond donors (Lipinski definition) is 0. The van der Waals surface area contributed by atoms with Crippen molar-refractivity contribution in [1.29, 1.82) is 0 Å². The first-order chi connectivity index (χ1) is 32.8. The van der Waals surface area contributed by atoms with E-state index in [4.69, 9.17) is 4.42 Å². The zero-order chi connectivity index (χ0) is 43.6. The summed E-state index contributed by atoms with van der Waals surface area (Å²) in [5.41, 5.74) is 19.7. The predicted octanol–water partition coefficient (Wildman–Crippen LogP) is 16.7. The van der Waals surface area contributed by atoms with Gasteiger partial charge in [0.2, 0.25) is 0 Å². The van der Waals surface area contributed by atoms with Crippen molar-refractivity contribution in [3.8, 4) is 39.1 Å². The Hall–Kier alpha value is -8.66. The largest absolute Gasteiger partial charge is 0.453 e. The molecule has 3 heteroatoms. The summed E-state index contributed by atoms with van der Waals surface area (Å²) in [6.07, 6.45) is 0. The Morgan fingerprint density at radius 3 is 1.65 bits per heavy atom. The van der Waals surface area contributed by atoms with E-state index in [1.54, 1.807) is 0 Å². The number of anilines is 3. The van der Waals surface area contributed by atoms with Gasteiger partial charge in [-0.15, -0.1) is 0 Å². The second kappa shape index (κ2) is 15.3. The third-order valence-electron chi connectivity index (χ3n) is 13.7. The Morgan fingerprint density at radius 1 is 0.364 bits per heavy atom. The van der Waals surface area contributed by atoms with Crippen molar-refractivity contribution < 1.29 is 4.42 Å². The molecule has 0 N–H and O–H groups in total. The molecular formula is C63H42N2O. The first-order valence-corrected chi connectivity index (χ1v) is 22.7. The molecule has 0 aliphatic heterocycles. The van der Waals surface area contributed by atoms with Crippen LogP contribution < -0.4 is 4.90 Å². The van der Waals surface area contributed by atoms with E-state index in [2.05, 4.69) is 264 Å². The molecule has 0 amide bonds. The fourth-order valence-electron chi connectivity index (χ4n) is 10.9. The Bertz CT molecular complexity index is 3710. The van der Waals surface area contributed by atoms with Crippen LogP contribution in [0.25, 0.3) is 72.0 Å². The van der Waals surface area contributed by atoms with E-state index in [1.165, 1.54) is 44.5 Å². The van der Waals surface area contributed by atoms with Crippen LogP contribution in [-0.4, -0.2) is 4.57 Å². The smallest absolute Gasteiger partial charge is 0.161 e. The van der Waals surface area contributed by atoms with Gasteiger partial charge in [0.05, 0.1) is 16.6 Å². The van der Waals surface area contributed by atoms with Crippen molar-refractivity contribution in [2.45, 2.75) is 5.41 Å². The van der Waals surface area contributed by atoms with Crippen molar-refractivity contribution in [3.05, 3.63) is 277 Å². The number of rotatable bonds is 8. The molecule has 12 aromatic rings. The van der Waals surface area contributed by atoms with Crippen molar-refractivity contribution in [1.82, 2.24) is 4.57 Å². The minimum Gasteiger partial charge on any atom is -0.453 e. The lowest BCUT2D eigenvalue weighted by Crippen LogP contribution is -2.28. The van der Waals surface area contributed by atoms with Crippen LogP contribution in [0.15, 0.2) is 259 Å². The van der Waals surface area contributed by atoms with E-state index in [1.807, 2.05) is 0 Å². The van der Waals surface area contributed by atoms with Crippen molar-refractivity contribution in [3.63, 3.8) is 0 Å². The highest BCUT2D eigenvalue weighted by atomic mass is 16.3. The van der Waals surface area contributed by atoms with Crippen LogP contribution in [0.3, 0.4) is 0 Å². The fourth-order valence-corrected chi connectivity index (χ4v) is 10.9. The fraction of sp³-hybridized carbons (Fsp3) is 0.0159. The van der Waals surface area contributed by atoms with Gasteiger partial charge in [-0.3, -0.25) is 0 Å². The molecule has 0 bridgehead atoms. The summed E-state index contributed by atoms with van der Waals surface area (Å²) >= 11 is 0. The average molecular weight is 843 g/mol. The van der Waals surface area contributed by atoms with Crippen molar-refractivity contribution in [2.24, 2.45) is 0 Å². The van der Waals surface area contributed by atoms with Crippen LogP contribution in [0, 0.1) is 0 Å². The molecule has 3 nitrogen and oxygen atoms in total. The third kappa shape index (κ3) is 5.70. The highest BCUT2D eigenvalue weighted by Crippen LogP contribution is 2.57. The summed E-state index contributed by atoms with van der Waals surface area (Å²) in [7, 11) is 0. The Morgan fingerprint density at radius 2 is 0.909 bits per heavy atom. The molecule has 1 aliphatic carbocycles. The number of fused-ring (bicyclic) bond motifs is 8. The van der Waals surface area contributed by atoms with Gasteiger partial charge in [0.25, 0.3) is 0 Å². The third-order valence-corrected chi connectivity index (χ3v) is 13.7. The molecule has 2 heterocycles. The number of nitrogens with zero attached hydrogens (tertiary/aromatic N) is 2. The van der Waals surface area contributed by atoms with Gasteiger partial charge in [-0.25, -0.2) is 0 Å². The van der Waals surface area contributed by atoms with Crippen LogP contribution in [0.5, 0.6) is 0 Å². The molecule has 1 aliphatic rings. The van der Waals surface area contributed by atoms with Gasteiger partial charge in [0.15, 0.2) is 5.58 Å². The van der Waals surface area contributed by atoms with E-state index in [0.717, 1.165) is 66.8 Å². The minimum absolute atomic E-state index is 0.548. The molecule has 0 radical (unpaired) electrons. The molecule has 0 atom stereocenters. The van der Waals surface area contributed by atoms with Crippen LogP contribution in [0.1, 0.15) is 22.3 Å². The summed E-state index contributed by atoms with van der Waals surface area (Å²) in [5, 5.41) is 2.16. The number of aromatic nitrogens is 1.